The number of ether oxygens (including phenoxy) is 1. The van der Waals surface area contributed by atoms with Gasteiger partial charge in [0.25, 0.3) is 0 Å². The maximum atomic E-state index is 14.0. The summed E-state index contributed by atoms with van der Waals surface area (Å²) < 4.78 is 24.6. The average molecular weight is 420 g/mol. The van der Waals surface area contributed by atoms with E-state index in [4.69, 9.17) is 9.15 Å². The predicted molar refractivity (Wildman–Crippen MR) is 118 cm³/mol. The summed E-state index contributed by atoms with van der Waals surface area (Å²) in [6, 6.07) is 18.3. The van der Waals surface area contributed by atoms with Gasteiger partial charge in [0.15, 0.2) is 0 Å². The van der Waals surface area contributed by atoms with Crippen LogP contribution in [0, 0.1) is 5.82 Å². The van der Waals surface area contributed by atoms with Gasteiger partial charge in [0.05, 0.1) is 19.4 Å². The molecule has 0 aliphatic carbocycles. The van der Waals surface area contributed by atoms with Gasteiger partial charge in [-0.25, -0.2) is 4.39 Å². The molecule has 4 rings (SSSR count). The molecule has 2 aromatic carbocycles. The maximum absolute atomic E-state index is 14.0. The van der Waals surface area contributed by atoms with Crippen molar-refractivity contribution in [1.82, 2.24) is 9.88 Å². The molecule has 1 N–H and O–H groups in total. The normalized spacial score (nSPS) is 11.2. The molecule has 5 nitrogen and oxygen atoms in total. The molecule has 2 aromatic heterocycles. The van der Waals surface area contributed by atoms with E-state index in [0.717, 1.165) is 33.5 Å². The zero-order chi connectivity index (χ0) is 21.6. The number of hydrogen-bond acceptors (Lipinski definition) is 3. The molecule has 0 atom stereocenters. The zero-order valence-corrected chi connectivity index (χ0v) is 17.4. The van der Waals surface area contributed by atoms with E-state index in [1.54, 1.807) is 30.4 Å². The van der Waals surface area contributed by atoms with Crippen LogP contribution in [0.15, 0.2) is 71.3 Å². The van der Waals surface area contributed by atoms with Gasteiger partial charge in [-0.15, -0.1) is 0 Å². The van der Waals surface area contributed by atoms with Crippen LogP contribution >= 0.6 is 0 Å². The van der Waals surface area contributed by atoms with Crippen molar-refractivity contribution in [3.63, 3.8) is 0 Å². The number of rotatable bonds is 9. The van der Waals surface area contributed by atoms with Crippen LogP contribution in [0.25, 0.3) is 22.2 Å². The third kappa shape index (κ3) is 4.86. The monoisotopic (exact) mass is 420 g/mol. The first-order valence-corrected chi connectivity index (χ1v) is 10.3. The van der Waals surface area contributed by atoms with Gasteiger partial charge in [-0.1, -0.05) is 30.3 Å². The quantitative estimate of drug-likeness (QED) is 0.406. The second-order valence-electron chi connectivity index (χ2n) is 7.42. The molecule has 0 radical (unpaired) electrons. The highest BCUT2D eigenvalue weighted by molar-refractivity contribution is 5.91. The number of halogens is 1. The number of aryl methyl sites for hydroxylation is 1. The third-order valence-electron chi connectivity index (χ3n) is 5.36. The van der Waals surface area contributed by atoms with Crippen molar-refractivity contribution in [1.29, 1.82) is 0 Å². The minimum absolute atomic E-state index is 0.00165. The highest BCUT2D eigenvalue weighted by Gasteiger charge is 2.19. The molecule has 0 bridgehead atoms. The number of carbonyl (C=O) groups is 1. The molecular weight excluding hydrogens is 395 g/mol. The van der Waals surface area contributed by atoms with Gasteiger partial charge in [-0.3, -0.25) is 4.79 Å². The molecule has 0 saturated heterocycles. The predicted octanol–water partition coefficient (Wildman–Crippen LogP) is 5.17. The van der Waals surface area contributed by atoms with Crippen LogP contribution in [0.3, 0.4) is 0 Å². The Morgan fingerprint density at radius 2 is 1.97 bits per heavy atom. The number of aromatic nitrogens is 1. The number of methoxy groups -OCH3 is 1. The van der Waals surface area contributed by atoms with Crippen molar-refractivity contribution < 1.29 is 18.3 Å². The lowest BCUT2D eigenvalue weighted by atomic mass is 10.0. The van der Waals surface area contributed by atoms with E-state index >= 15 is 0 Å². The van der Waals surface area contributed by atoms with Gasteiger partial charge in [-0.05, 0) is 47.9 Å². The summed E-state index contributed by atoms with van der Waals surface area (Å²) in [6.45, 7) is 1.31. The Balaban J connectivity index is 1.59. The molecule has 2 heterocycles. The van der Waals surface area contributed by atoms with E-state index in [9.17, 15) is 9.18 Å². The summed E-state index contributed by atoms with van der Waals surface area (Å²) in [5.74, 6) is 0.431. The molecule has 160 valence electrons. The molecular formula is C25H25FN2O3. The van der Waals surface area contributed by atoms with E-state index in [1.807, 2.05) is 36.4 Å². The Bertz CT molecular complexity index is 1140. The molecule has 4 aromatic rings. The number of nitrogens with zero attached hydrogens (tertiary/aromatic N) is 1. The maximum Gasteiger partial charge on any atom is 0.223 e. The topological polar surface area (TPSA) is 58.5 Å². The van der Waals surface area contributed by atoms with Gasteiger partial charge in [0.1, 0.15) is 11.6 Å². The summed E-state index contributed by atoms with van der Waals surface area (Å²) in [5.41, 5.74) is 3.73. The Morgan fingerprint density at radius 1 is 1.13 bits per heavy atom. The standard InChI is InChI=1S/C25H25FN2O3/c1-30-15-13-28(17-20-8-5-14-31-20)24(29)12-10-21-22-16-19(26)9-11-23(22)27-25(21)18-6-3-2-4-7-18/h2-9,11,14,16,27H,10,12-13,15,17H2,1H3. The van der Waals surface area contributed by atoms with Gasteiger partial charge in [-0.2, -0.15) is 0 Å². The minimum Gasteiger partial charge on any atom is -0.467 e. The van der Waals surface area contributed by atoms with Crippen LogP contribution in [0.2, 0.25) is 0 Å². The van der Waals surface area contributed by atoms with E-state index in [2.05, 4.69) is 4.98 Å². The lowest BCUT2D eigenvalue weighted by Gasteiger charge is -2.21. The van der Waals surface area contributed by atoms with Crippen molar-refractivity contribution in [2.24, 2.45) is 0 Å². The number of benzene rings is 2. The smallest absolute Gasteiger partial charge is 0.223 e. The SMILES string of the molecule is COCCN(Cc1ccco1)C(=O)CCc1c(-c2ccccc2)[nH]c2ccc(F)cc12. The highest BCUT2D eigenvalue weighted by atomic mass is 19.1. The summed E-state index contributed by atoms with van der Waals surface area (Å²) in [6.07, 6.45) is 2.39. The van der Waals surface area contributed by atoms with Crippen LogP contribution in [-0.4, -0.2) is 36.1 Å². The summed E-state index contributed by atoms with van der Waals surface area (Å²) in [5, 5.41) is 0.807. The van der Waals surface area contributed by atoms with Crippen molar-refractivity contribution in [3.05, 3.63) is 84.1 Å². The fourth-order valence-electron chi connectivity index (χ4n) is 3.80. The van der Waals surface area contributed by atoms with Crippen molar-refractivity contribution >= 4 is 16.8 Å². The Labute approximate surface area is 180 Å². The third-order valence-corrected chi connectivity index (χ3v) is 5.36. The molecule has 0 fully saturated rings. The Hall–Kier alpha value is -3.38. The molecule has 0 saturated carbocycles. The van der Waals surface area contributed by atoms with E-state index in [1.165, 1.54) is 12.1 Å². The minimum atomic E-state index is -0.293. The second-order valence-corrected chi connectivity index (χ2v) is 7.42. The van der Waals surface area contributed by atoms with E-state index in [-0.39, 0.29) is 11.7 Å². The summed E-state index contributed by atoms with van der Waals surface area (Å²) in [7, 11) is 1.61. The number of nitrogens with one attached hydrogen (secondary N) is 1. The van der Waals surface area contributed by atoms with E-state index < -0.39 is 0 Å². The van der Waals surface area contributed by atoms with Crippen molar-refractivity contribution in [3.8, 4) is 11.3 Å². The number of amides is 1. The lowest BCUT2D eigenvalue weighted by Crippen LogP contribution is -2.33. The summed E-state index contributed by atoms with van der Waals surface area (Å²) in [4.78, 5) is 18.2. The van der Waals surface area contributed by atoms with Crippen LogP contribution in [0.1, 0.15) is 17.7 Å². The molecule has 31 heavy (non-hydrogen) atoms. The molecule has 0 unspecified atom stereocenters. The van der Waals surface area contributed by atoms with E-state index in [0.29, 0.717) is 32.5 Å². The van der Waals surface area contributed by atoms with Crippen molar-refractivity contribution in [2.75, 3.05) is 20.3 Å². The fraction of sp³-hybridized carbons (Fsp3) is 0.240. The Kier molecular flexibility index (Phi) is 6.48. The van der Waals surface area contributed by atoms with Crippen LogP contribution in [0.5, 0.6) is 0 Å². The summed E-state index contributed by atoms with van der Waals surface area (Å²) >= 11 is 0. The van der Waals surface area contributed by atoms with Crippen LogP contribution in [0.4, 0.5) is 4.39 Å². The van der Waals surface area contributed by atoms with Crippen molar-refractivity contribution in [2.45, 2.75) is 19.4 Å². The average Bonchev–Trinajstić information content (AvgIpc) is 3.43. The first-order chi connectivity index (χ1) is 15.2. The van der Waals surface area contributed by atoms with Gasteiger partial charge >= 0.3 is 0 Å². The van der Waals surface area contributed by atoms with Crippen LogP contribution < -0.4 is 0 Å². The second kappa shape index (κ2) is 9.62. The molecule has 1 amide bonds. The molecule has 0 aliphatic rings. The van der Waals surface area contributed by atoms with Gasteiger partial charge in [0.2, 0.25) is 5.91 Å². The number of H-pyrrole nitrogens is 1. The zero-order valence-electron chi connectivity index (χ0n) is 17.4. The number of fused-ring (bicyclic) bond motifs is 1. The fourth-order valence-corrected chi connectivity index (χ4v) is 3.80. The first-order valence-electron chi connectivity index (χ1n) is 10.3. The Morgan fingerprint density at radius 3 is 2.71 bits per heavy atom. The lowest BCUT2D eigenvalue weighted by molar-refractivity contribution is -0.132. The number of hydrogen-bond donors (Lipinski definition) is 1. The number of furan rings is 1. The van der Waals surface area contributed by atoms with Crippen LogP contribution in [-0.2, 0) is 22.5 Å². The molecule has 0 aliphatic heterocycles. The first kappa shape index (κ1) is 20.9. The number of carbonyl (C=O) groups excluding carboxylic acids is 1. The molecule has 0 spiro atoms. The van der Waals surface area contributed by atoms with Gasteiger partial charge < -0.3 is 19.0 Å². The largest absolute Gasteiger partial charge is 0.467 e. The van der Waals surface area contributed by atoms with Gasteiger partial charge in [0, 0.05) is 36.7 Å². The number of aromatic amines is 1. The molecule has 6 heteroatoms. The highest BCUT2D eigenvalue weighted by Crippen LogP contribution is 2.32.